The highest BCUT2D eigenvalue weighted by molar-refractivity contribution is 8.16. The monoisotopic (exact) mass is 580 g/mol. The Labute approximate surface area is 252 Å². The Bertz CT molecular complexity index is 1540. The van der Waals surface area contributed by atoms with Gasteiger partial charge >= 0.3 is 0 Å². The van der Waals surface area contributed by atoms with Gasteiger partial charge in [0.05, 0.1) is 30.8 Å². The minimum absolute atomic E-state index is 0.00336. The number of methoxy groups -OCH3 is 1. The van der Waals surface area contributed by atoms with E-state index in [4.69, 9.17) is 9.73 Å². The SMILES string of the molecule is COc1ccc(NC(=O)C2=C(C)N=C3SC=C(CC(=O)N(C)Cc4ccccc4)N3[C@H]2c2ccc(C(C)C)cc2)cc1. The van der Waals surface area contributed by atoms with Crippen molar-refractivity contribution in [1.82, 2.24) is 9.80 Å². The summed E-state index contributed by atoms with van der Waals surface area (Å²) in [6.45, 7) is 6.72. The summed E-state index contributed by atoms with van der Waals surface area (Å²) < 4.78 is 5.26. The van der Waals surface area contributed by atoms with E-state index in [1.807, 2.05) is 74.0 Å². The van der Waals surface area contributed by atoms with Crippen molar-refractivity contribution in [2.75, 3.05) is 19.5 Å². The third kappa shape index (κ3) is 6.29. The Morgan fingerprint density at radius 3 is 2.36 bits per heavy atom. The maximum absolute atomic E-state index is 13.9. The number of carbonyl (C=O) groups is 2. The summed E-state index contributed by atoms with van der Waals surface area (Å²) in [4.78, 5) is 36.0. The van der Waals surface area contributed by atoms with Gasteiger partial charge in [0.2, 0.25) is 5.91 Å². The molecule has 5 rings (SSSR count). The normalized spacial score (nSPS) is 16.1. The lowest BCUT2D eigenvalue weighted by Gasteiger charge is -2.37. The molecule has 0 saturated carbocycles. The first-order chi connectivity index (χ1) is 20.2. The number of ether oxygens (including phenoxy) is 1. The van der Waals surface area contributed by atoms with Crippen LogP contribution in [0.2, 0.25) is 0 Å². The number of fused-ring (bicyclic) bond motifs is 1. The number of rotatable bonds is 9. The molecular formula is C34H36N4O3S. The van der Waals surface area contributed by atoms with Gasteiger partial charge < -0.3 is 19.9 Å². The molecule has 0 fully saturated rings. The number of hydrogen-bond donors (Lipinski definition) is 1. The zero-order valence-electron chi connectivity index (χ0n) is 24.6. The van der Waals surface area contributed by atoms with Crippen molar-refractivity contribution in [3.63, 3.8) is 0 Å². The van der Waals surface area contributed by atoms with Crippen LogP contribution in [0.5, 0.6) is 5.75 Å². The van der Waals surface area contributed by atoms with Gasteiger partial charge in [0.1, 0.15) is 5.75 Å². The minimum Gasteiger partial charge on any atom is -0.497 e. The lowest BCUT2D eigenvalue weighted by molar-refractivity contribution is -0.129. The second-order valence-electron chi connectivity index (χ2n) is 10.8. The van der Waals surface area contributed by atoms with Crippen molar-refractivity contribution < 1.29 is 14.3 Å². The Hall–Kier alpha value is -4.30. The van der Waals surface area contributed by atoms with Crippen molar-refractivity contribution in [3.05, 3.63) is 118 Å². The first-order valence-electron chi connectivity index (χ1n) is 14.0. The van der Waals surface area contributed by atoms with Crippen LogP contribution in [-0.2, 0) is 16.1 Å². The van der Waals surface area contributed by atoms with Gasteiger partial charge in [0, 0.05) is 25.0 Å². The third-order valence-corrected chi connectivity index (χ3v) is 8.42. The van der Waals surface area contributed by atoms with Crippen LogP contribution in [-0.4, -0.2) is 40.9 Å². The van der Waals surface area contributed by atoms with Crippen LogP contribution in [0.15, 0.2) is 106 Å². The van der Waals surface area contributed by atoms with E-state index < -0.39 is 6.04 Å². The molecule has 0 spiro atoms. The molecule has 216 valence electrons. The molecule has 0 saturated heterocycles. The Kier molecular flexibility index (Phi) is 8.83. The van der Waals surface area contributed by atoms with Gasteiger partial charge in [-0.1, -0.05) is 80.2 Å². The van der Waals surface area contributed by atoms with Gasteiger partial charge in [-0.05, 0) is 59.2 Å². The second kappa shape index (κ2) is 12.7. The van der Waals surface area contributed by atoms with Gasteiger partial charge in [-0.25, -0.2) is 4.99 Å². The molecule has 2 aliphatic rings. The highest BCUT2D eigenvalue weighted by Crippen LogP contribution is 2.45. The summed E-state index contributed by atoms with van der Waals surface area (Å²) in [5, 5.41) is 5.80. The number of amidine groups is 1. The smallest absolute Gasteiger partial charge is 0.255 e. The Morgan fingerprint density at radius 2 is 1.71 bits per heavy atom. The number of benzene rings is 3. The molecule has 0 aliphatic carbocycles. The van der Waals surface area contributed by atoms with Gasteiger partial charge in [-0.15, -0.1) is 0 Å². The van der Waals surface area contributed by atoms with Crippen LogP contribution in [0.25, 0.3) is 0 Å². The molecule has 2 aliphatic heterocycles. The molecule has 1 atom stereocenters. The number of nitrogens with zero attached hydrogens (tertiary/aromatic N) is 3. The second-order valence-corrected chi connectivity index (χ2v) is 11.6. The van der Waals surface area contributed by atoms with E-state index in [1.54, 1.807) is 12.0 Å². The predicted molar refractivity (Wildman–Crippen MR) is 170 cm³/mol. The summed E-state index contributed by atoms with van der Waals surface area (Å²) in [5.74, 6) is 0.857. The molecule has 1 N–H and O–H groups in total. The molecule has 0 bridgehead atoms. The summed E-state index contributed by atoms with van der Waals surface area (Å²) in [7, 11) is 3.43. The summed E-state index contributed by atoms with van der Waals surface area (Å²) in [6, 6.07) is 25.2. The number of amides is 2. The molecule has 8 heteroatoms. The molecule has 2 amide bonds. The molecular weight excluding hydrogens is 544 g/mol. The number of aliphatic imine (C=N–C) groups is 1. The lowest BCUT2D eigenvalue weighted by atomic mass is 9.91. The maximum atomic E-state index is 13.9. The fourth-order valence-corrected chi connectivity index (χ4v) is 6.11. The van der Waals surface area contributed by atoms with E-state index >= 15 is 0 Å². The molecule has 2 heterocycles. The van der Waals surface area contributed by atoms with E-state index in [9.17, 15) is 9.59 Å². The standard InChI is InChI=1S/C34H36N4O3S/c1-22(2)25-11-13-26(14-12-25)32-31(33(40)36-27-15-17-29(41-5)18-16-27)23(3)35-34-38(32)28(21-42-34)19-30(39)37(4)20-24-9-7-6-8-10-24/h6-18,21-22,32H,19-20H2,1-5H3,(H,36,40)/t32-/m0/s1. The number of anilines is 1. The van der Waals surface area contributed by atoms with Gasteiger partial charge in [0.15, 0.2) is 5.17 Å². The van der Waals surface area contributed by atoms with Gasteiger partial charge in [0.25, 0.3) is 5.91 Å². The van der Waals surface area contributed by atoms with Crippen LogP contribution in [0.4, 0.5) is 5.69 Å². The molecule has 0 radical (unpaired) electrons. The third-order valence-electron chi connectivity index (χ3n) is 7.53. The fraction of sp³-hybridized carbons (Fsp3) is 0.265. The first kappa shape index (κ1) is 29.2. The molecule has 0 unspecified atom stereocenters. The van der Waals surface area contributed by atoms with Crippen molar-refractivity contribution in [1.29, 1.82) is 0 Å². The number of carbonyl (C=O) groups excluding carboxylic acids is 2. The fourth-order valence-electron chi connectivity index (χ4n) is 5.15. The lowest BCUT2D eigenvalue weighted by Crippen LogP contribution is -2.39. The zero-order chi connectivity index (χ0) is 29.8. The van der Waals surface area contributed by atoms with Crippen LogP contribution in [0, 0.1) is 0 Å². The largest absolute Gasteiger partial charge is 0.497 e. The summed E-state index contributed by atoms with van der Waals surface area (Å²) in [6.07, 6.45) is 0.197. The van der Waals surface area contributed by atoms with Crippen LogP contribution < -0.4 is 10.1 Å². The highest BCUT2D eigenvalue weighted by Gasteiger charge is 2.40. The topological polar surface area (TPSA) is 74.2 Å². The predicted octanol–water partition coefficient (Wildman–Crippen LogP) is 7.08. The van der Waals surface area contributed by atoms with Crippen LogP contribution >= 0.6 is 11.8 Å². The van der Waals surface area contributed by atoms with Crippen molar-refractivity contribution in [2.45, 2.75) is 45.7 Å². The summed E-state index contributed by atoms with van der Waals surface area (Å²) in [5.41, 5.74) is 5.94. The van der Waals surface area contributed by atoms with Crippen molar-refractivity contribution >= 4 is 34.4 Å². The van der Waals surface area contributed by atoms with E-state index in [-0.39, 0.29) is 18.2 Å². The number of thioether (sulfide) groups is 1. The number of hydrogen-bond acceptors (Lipinski definition) is 6. The van der Waals surface area contributed by atoms with Gasteiger partial charge in [-0.3, -0.25) is 9.59 Å². The van der Waals surface area contributed by atoms with Gasteiger partial charge in [-0.2, -0.15) is 0 Å². The molecule has 0 aromatic heterocycles. The molecule has 42 heavy (non-hydrogen) atoms. The molecule has 7 nitrogen and oxygen atoms in total. The average molecular weight is 581 g/mol. The minimum atomic E-state index is -0.439. The number of nitrogens with one attached hydrogen (secondary N) is 1. The maximum Gasteiger partial charge on any atom is 0.255 e. The zero-order valence-corrected chi connectivity index (χ0v) is 25.4. The van der Waals surface area contributed by atoms with Crippen molar-refractivity contribution in [2.24, 2.45) is 4.99 Å². The Balaban J connectivity index is 1.46. The van der Waals surface area contributed by atoms with E-state index in [0.717, 1.165) is 22.0 Å². The van der Waals surface area contributed by atoms with E-state index in [2.05, 4.69) is 48.3 Å². The number of allylic oxidation sites excluding steroid dienone is 1. The van der Waals surface area contributed by atoms with Crippen molar-refractivity contribution in [3.8, 4) is 5.75 Å². The van der Waals surface area contributed by atoms with E-state index in [1.165, 1.54) is 17.3 Å². The first-order valence-corrected chi connectivity index (χ1v) is 14.9. The van der Waals surface area contributed by atoms with Crippen LogP contribution in [0.1, 0.15) is 55.8 Å². The Morgan fingerprint density at radius 1 is 1.02 bits per heavy atom. The molecule has 3 aromatic rings. The van der Waals surface area contributed by atoms with Crippen LogP contribution in [0.3, 0.4) is 0 Å². The van der Waals surface area contributed by atoms with E-state index in [0.29, 0.717) is 35.2 Å². The molecule has 3 aromatic carbocycles. The average Bonchev–Trinajstić information content (AvgIpc) is 3.38. The highest BCUT2D eigenvalue weighted by atomic mass is 32.2. The quantitative estimate of drug-likeness (QED) is 0.293. The summed E-state index contributed by atoms with van der Waals surface area (Å²) >= 11 is 1.49.